The van der Waals surface area contributed by atoms with Crippen molar-refractivity contribution in [1.29, 1.82) is 0 Å². The monoisotopic (exact) mass is 320 g/mol. The summed E-state index contributed by atoms with van der Waals surface area (Å²) in [5.74, 6) is 0.148. The number of hydrogen-bond acceptors (Lipinski definition) is 4. The van der Waals surface area contributed by atoms with Crippen LogP contribution in [0.25, 0.3) is 11.1 Å². The third-order valence-electron chi connectivity index (χ3n) is 4.25. The molecule has 22 heavy (non-hydrogen) atoms. The number of carbonyl (C=O) groups is 1. The Kier molecular flexibility index (Phi) is 4.13. The second kappa shape index (κ2) is 6.06. The molecule has 3 rings (SSSR count). The van der Waals surface area contributed by atoms with Gasteiger partial charge in [0.15, 0.2) is 0 Å². The molecule has 1 saturated heterocycles. The smallest absolute Gasteiger partial charge is 0.256 e. The van der Waals surface area contributed by atoms with E-state index in [2.05, 4.69) is 17.1 Å². The first-order chi connectivity index (χ1) is 10.5. The first-order valence-corrected chi connectivity index (χ1v) is 7.73. The van der Waals surface area contributed by atoms with Crippen LogP contribution in [-0.4, -0.2) is 40.1 Å². The molecule has 0 unspecified atom stereocenters. The van der Waals surface area contributed by atoms with Crippen LogP contribution in [0.15, 0.2) is 24.7 Å². The zero-order valence-electron chi connectivity index (χ0n) is 12.4. The van der Waals surface area contributed by atoms with E-state index in [0.717, 1.165) is 37.1 Å². The predicted molar refractivity (Wildman–Crippen MR) is 84.9 cm³/mol. The van der Waals surface area contributed by atoms with Gasteiger partial charge in [-0.1, -0.05) is 0 Å². The van der Waals surface area contributed by atoms with Crippen molar-refractivity contribution in [3.05, 3.63) is 30.2 Å². The molecule has 0 aromatic carbocycles. The number of rotatable bonds is 3. The van der Waals surface area contributed by atoms with Crippen molar-refractivity contribution in [3.8, 4) is 11.1 Å². The van der Waals surface area contributed by atoms with Gasteiger partial charge in [0, 0.05) is 36.4 Å². The summed E-state index contributed by atoms with van der Waals surface area (Å²) in [6, 6.07) is 2.10. The molecule has 7 heteroatoms. The van der Waals surface area contributed by atoms with Gasteiger partial charge in [-0.15, -0.1) is 0 Å². The number of nitrogens with two attached hydrogens (primary N) is 1. The molecule has 2 aromatic rings. The number of nitrogens with zero attached hydrogens (tertiary/aromatic N) is 3. The molecule has 2 aromatic heterocycles. The van der Waals surface area contributed by atoms with Crippen LogP contribution < -0.4 is 10.6 Å². The number of carbonyl (C=O) groups excluding carboxylic acids is 1. The molecule has 0 aliphatic carbocycles. The highest BCUT2D eigenvalue weighted by Crippen LogP contribution is 2.25. The van der Waals surface area contributed by atoms with Gasteiger partial charge in [0.1, 0.15) is 5.82 Å². The quantitative estimate of drug-likeness (QED) is 0.818. The topological polar surface area (TPSA) is 78.2 Å². The number of pyridine rings is 1. The lowest BCUT2D eigenvalue weighted by molar-refractivity contribution is -0.885. The molecule has 1 fully saturated rings. The van der Waals surface area contributed by atoms with Crippen LogP contribution in [0.5, 0.6) is 0 Å². The zero-order valence-corrected chi connectivity index (χ0v) is 13.2. The Labute approximate surface area is 133 Å². The lowest BCUT2D eigenvalue weighted by Crippen LogP contribution is -3.10. The van der Waals surface area contributed by atoms with E-state index in [9.17, 15) is 4.79 Å². The van der Waals surface area contributed by atoms with E-state index < -0.39 is 5.24 Å². The summed E-state index contributed by atoms with van der Waals surface area (Å²) in [6.45, 7) is 2.32. The fraction of sp³-hybridized carbons (Fsp3) is 0.400. The lowest BCUT2D eigenvalue weighted by Gasteiger charge is -2.26. The molecule has 1 aliphatic heterocycles. The van der Waals surface area contributed by atoms with Gasteiger partial charge in [-0.2, -0.15) is 5.10 Å². The fourth-order valence-electron chi connectivity index (χ4n) is 2.84. The largest absolute Gasteiger partial charge is 0.383 e. The summed E-state index contributed by atoms with van der Waals surface area (Å²) < 4.78 is 2.01. The molecule has 3 heterocycles. The van der Waals surface area contributed by atoms with Crippen molar-refractivity contribution in [1.82, 2.24) is 14.8 Å². The molecule has 0 saturated carbocycles. The van der Waals surface area contributed by atoms with Gasteiger partial charge in [-0.3, -0.25) is 9.48 Å². The molecule has 116 valence electrons. The molecule has 0 spiro atoms. The van der Waals surface area contributed by atoms with Gasteiger partial charge < -0.3 is 10.6 Å². The van der Waals surface area contributed by atoms with E-state index in [1.54, 1.807) is 23.4 Å². The second-order valence-electron chi connectivity index (χ2n) is 5.83. The fourth-order valence-corrected chi connectivity index (χ4v) is 2.99. The maximum absolute atomic E-state index is 11.4. The number of anilines is 1. The minimum absolute atomic E-state index is 0.148. The molecular weight excluding hydrogens is 302 g/mol. The zero-order chi connectivity index (χ0) is 15.7. The van der Waals surface area contributed by atoms with Gasteiger partial charge in [0.2, 0.25) is 0 Å². The molecule has 1 aliphatic rings. The Morgan fingerprint density at radius 2 is 2.09 bits per heavy atom. The number of nitrogens with one attached hydrogen (secondary N) is 1. The number of halogens is 1. The summed E-state index contributed by atoms with van der Waals surface area (Å²) in [7, 11) is 2.22. The Morgan fingerprint density at radius 1 is 1.36 bits per heavy atom. The van der Waals surface area contributed by atoms with Crippen molar-refractivity contribution in [2.24, 2.45) is 0 Å². The van der Waals surface area contributed by atoms with Gasteiger partial charge in [0.05, 0.1) is 37.9 Å². The van der Waals surface area contributed by atoms with E-state index in [1.807, 2.05) is 10.9 Å². The molecular formula is C15H19ClN5O+. The maximum atomic E-state index is 11.4. The van der Waals surface area contributed by atoms with E-state index in [1.165, 1.54) is 0 Å². The summed E-state index contributed by atoms with van der Waals surface area (Å²) >= 11 is 5.53. The van der Waals surface area contributed by atoms with Crippen molar-refractivity contribution in [2.75, 3.05) is 25.9 Å². The number of piperidine rings is 1. The number of nitrogen functional groups attached to an aromatic ring is 1. The minimum Gasteiger partial charge on any atom is -0.383 e. The summed E-state index contributed by atoms with van der Waals surface area (Å²) in [4.78, 5) is 17.0. The SMILES string of the molecule is C[NH+]1CCC(n2cc(-c3cnc(N)c(C(=O)Cl)c3)cn2)CC1. The van der Waals surface area contributed by atoms with Crippen LogP contribution in [0.4, 0.5) is 5.82 Å². The third kappa shape index (κ3) is 2.98. The van der Waals surface area contributed by atoms with Crippen LogP contribution in [0, 0.1) is 0 Å². The number of aromatic nitrogens is 3. The Hall–Kier alpha value is -1.92. The number of likely N-dealkylation sites (tertiary alicyclic amines) is 1. The van der Waals surface area contributed by atoms with Crippen LogP contribution >= 0.6 is 11.6 Å². The summed E-state index contributed by atoms with van der Waals surface area (Å²) in [6.07, 6.45) is 7.68. The Bertz CT molecular complexity index is 691. The highest BCUT2D eigenvalue weighted by Gasteiger charge is 2.21. The number of hydrogen-bond donors (Lipinski definition) is 2. The third-order valence-corrected chi connectivity index (χ3v) is 4.45. The second-order valence-corrected chi connectivity index (χ2v) is 6.17. The van der Waals surface area contributed by atoms with Gasteiger partial charge in [-0.25, -0.2) is 4.98 Å². The minimum atomic E-state index is -0.600. The maximum Gasteiger partial charge on any atom is 0.256 e. The van der Waals surface area contributed by atoms with Gasteiger partial charge >= 0.3 is 0 Å². The Morgan fingerprint density at radius 3 is 2.77 bits per heavy atom. The molecule has 0 radical (unpaired) electrons. The van der Waals surface area contributed by atoms with Crippen LogP contribution in [-0.2, 0) is 0 Å². The average Bonchev–Trinajstić information content (AvgIpc) is 2.98. The van der Waals surface area contributed by atoms with Crippen LogP contribution in [0.2, 0.25) is 0 Å². The van der Waals surface area contributed by atoms with Gasteiger partial charge in [-0.05, 0) is 17.7 Å². The van der Waals surface area contributed by atoms with Crippen LogP contribution in [0.1, 0.15) is 29.2 Å². The van der Waals surface area contributed by atoms with Crippen LogP contribution in [0.3, 0.4) is 0 Å². The highest BCUT2D eigenvalue weighted by atomic mass is 35.5. The highest BCUT2D eigenvalue weighted by molar-refractivity contribution is 6.68. The Balaban J connectivity index is 1.85. The standard InChI is InChI=1S/C15H18ClN5O/c1-20-4-2-12(3-5-20)21-9-11(8-19-21)10-6-13(14(16)22)15(17)18-7-10/h6-9,12H,2-5H2,1H3,(H2,17,18)/p+1. The first-order valence-electron chi connectivity index (χ1n) is 7.36. The lowest BCUT2D eigenvalue weighted by atomic mass is 10.1. The predicted octanol–water partition coefficient (Wildman–Crippen LogP) is 0.756. The van der Waals surface area contributed by atoms with E-state index in [-0.39, 0.29) is 11.4 Å². The van der Waals surface area contributed by atoms with E-state index >= 15 is 0 Å². The summed E-state index contributed by atoms with van der Waals surface area (Å²) in [5, 5.41) is 3.87. The summed E-state index contributed by atoms with van der Waals surface area (Å²) in [5.41, 5.74) is 7.60. The molecule has 0 atom stereocenters. The van der Waals surface area contributed by atoms with Gasteiger partial charge in [0.25, 0.3) is 5.24 Å². The molecule has 6 nitrogen and oxygen atoms in total. The van der Waals surface area contributed by atoms with E-state index in [0.29, 0.717) is 6.04 Å². The number of quaternary nitrogens is 1. The first kappa shape index (κ1) is 15.0. The van der Waals surface area contributed by atoms with Crippen molar-refractivity contribution in [3.63, 3.8) is 0 Å². The normalized spacial score (nSPS) is 21.7. The molecule has 3 N–H and O–H groups in total. The van der Waals surface area contributed by atoms with Crippen molar-refractivity contribution >= 4 is 22.7 Å². The van der Waals surface area contributed by atoms with Crippen molar-refractivity contribution in [2.45, 2.75) is 18.9 Å². The molecule has 0 bridgehead atoms. The average molecular weight is 321 g/mol. The van der Waals surface area contributed by atoms with Crippen molar-refractivity contribution < 1.29 is 9.69 Å². The molecule has 0 amide bonds. The van der Waals surface area contributed by atoms with E-state index in [4.69, 9.17) is 17.3 Å².